The third-order valence-electron chi connectivity index (χ3n) is 2.35. The Bertz CT molecular complexity index is 538. The van der Waals surface area contributed by atoms with E-state index in [1.54, 1.807) is 0 Å². The summed E-state index contributed by atoms with van der Waals surface area (Å²) >= 11 is 0. The van der Waals surface area contributed by atoms with E-state index in [2.05, 4.69) is 34.5 Å². The number of hydrogen-bond acceptors (Lipinski definition) is 1. The lowest BCUT2D eigenvalue weighted by Gasteiger charge is -1.96. The maximum Gasteiger partial charge on any atom is 0.0679 e. The van der Waals surface area contributed by atoms with Crippen LogP contribution < -0.4 is 0 Å². The molecule has 2 rings (SSSR count). The fraction of sp³-hybridized carbons (Fsp3) is 0.250. The largest absolute Gasteiger partial charge is 0.348 e. The minimum absolute atomic E-state index is 1.09. The van der Waals surface area contributed by atoms with E-state index in [0.29, 0.717) is 0 Å². The van der Waals surface area contributed by atoms with Gasteiger partial charge in [0.15, 0.2) is 0 Å². The third-order valence-corrected chi connectivity index (χ3v) is 2.35. The summed E-state index contributed by atoms with van der Waals surface area (Å²) in [6, 6.07) is 0. The van der Waals surface area contributed by atoms with E-state index >= 15 is 0 Å². The van der Waals surface area contributed by atoms with E-state index in [1.165, 1.54) is 10.9 Å². The van der Waals surface area contributed by atoms with Crippen molar-refractivity contribution in [3.8, 4) is 11.8 Å². The molecule has 2 heteroatoms. The molecule has 0 aromatic carbocycles. The molecule has 0 bridgehead atoms. The fourth-order valence-electron chi connectivity index (χ4n) is 1.73. The Hall–Kier alpha value is -1.75. The highest BCUT2D eigenvalue weighted by Gasteiger charge is 2.06. The summed E-state index contributed by atoms with van der Waals surface area (Å²) in [4.78, 5) is 4.18. The molecule has 70 valence electrons. The van der Waals surface area contributed by atoms with Crippen LogP contribution in [0.5, 0.6) is 0 Å². The molecule has 0 aliphatic heterocycles. The second-order valence-electron chi connectivity index (χ2n) is 3.38. The molecule has 2 heterocycles. The van der Waals surface area contributed by atoms with Gasteiger partial charge in [-0.3, -0.25) is 4.98 Å². The van der Waals surface area contributed by atoms with Crippen molar-refractivity contribution >= 4 is 10.9 Å². The van der Waals surface area contributed by atoms with Crippen LogP contribution in [0.25, 0.3) is 10.9 Å². The van der Waals surface area contributed by atoms with Gasteiger partial charge in [-0.15, -0.1) is 5.92 Å². The summed E-state index contributed by atoms with van der Waals surface area (Å²) in [5.41, 5.74) is 3.41. The Morgan fingerprint density at radius 1 is 1.36 bits per heavy atom. The maximum atomic E-state index is 4.18. The molecule has 0 fully saturated rings. The van der Waals surface area contributed by atoms with Crippen LogP contribution in [0, 0.1) is 18.8 Å². The number of rotatable bonds is 0. The summed E-state index contributed by atoms with van der Waals surface area (Å²) in [7, 11) is 2.02. The molecule has 0 radical (unpaired) electrons. The minimum atomic E-state index is 1.09. The van der Waals surface area contributed by atoms with Crippen LogP contribution in [0.3, 0.4) is 0 Å². The lowest BCUT2D eigenvalue weighted by Crippen LogP contribution is -1.85. The molecule has 0 aliphatic rings. The van der Waals surface area contributed by atoms with Crippen LogP contribution in [-0.4, -0.2) is 9.55 Å². The second kappa shape index (κ2) is 3.19. The first-order chi connectivity index (χ1) is 6.74. The number of hydrogen-bond donors (Lipinski definition) is 0. The van der Waals surface area contributed by atoms with Gasteiger partial charge in [-0.2, -0.15) is 0 Å². The molecule has 2 aromatic rings. The first kappa shape index (κ1) is 8.83. The molecular weight excluding hydrogens is 172 g/mol. The zero-order chi connectivity index (χ0) is 10.1. The highest BCUT2D eigenvalue weighted by molar-refractivity contribution is 5.88. The van der Waals surface area contributed by atoms with Gasteiger partial charge in [-0.25, -0.2) is 0 Å². The first-order valence-corrected chi connectivity index (χ1v) is 4.56. The normalized spacial score (nSPS) is 9.93. The molecule has 0 N–H and O–H groups in total. The molecule has 14 heavy (non-hydrogen) atoms. The quantitative estimate of drug-likeness (QED) is 0.574. The summed E-state index contributed by atoms with van der Waals surface area (Å²) in [5, 5.41) is 1.22. The molecule has 0 saturated carbocycles. The van der Waals surface area contributed by atoms with E-state index in [0.717, 1.165) is 11.1 Å². The van der Waals surface area contributed by atoms with Crippen molar-refractivity contribution in [1.29, 1.82) is 0 Å². The Labute approximate surface area is 83.6 Å². The summed E-state index contributed by atoms with van der Waals surface area (Å²) < 4.78 is 2.06. The van der Waals surface area contributed by atoms with E-state index in [-0.39, 0.29) is 0 Å². The van der Waals surface area contributed by atoms with E-state index < -0.39 is 0 Å². The van der Waals surface area contributed by atoms with Crippen LogP contribution in [0.4, 0.5) is 0 Å². The van der Waals surface area contributed by atoms with Crippen LogP contribution in [0.1, 0.15) is 18.1 Å². The van der Waals surface area contributed by atoms with Crippen molar-refractivity contribution in [1.82, 2.24) is 9.55 Å². The summed E-state index contributed by atoms with van der Waals surface area (Å²) in [6.07, 6.45) is 5.81. The highest BCUT2D eigenvalue weighted by atomic mass is 14.9. The van der Waals surface area contributed by atoms with E-state index in [1.807, 2.05) is 26.4 Å². The lowest BCUT2D eigenvalue weighted by molar-refractivity contribution is 0.963. The first-order valence-electron chi connectivity index (χ1n) is 4.56. The van der Waals surface area contributed by atoms with Crippen molar-refractivity contribution in [2.24, 2.45) is 7.05 Å². The Morgan fingerprint density at radius 3 is 2.86 bits per heavy atom. The van der Waals surface area contributed by atoms with Crippen molar-refractivity contribution in [3.05, 3.63) is 29.7 Å². The molecule has 2 aromatic heterocycles. The number of nitrogens with zero attached hydrogens (tertiary/aromatic N) is 2. The molecule has 0 aliphatic carbocycles. The highest BCUT2D eigenvalue weighted by Crippen LogP contribution is 2.22. The van der Waals surface area contributed by atoms with Crippen molar-refractivity contribution in [2.75, 3.05) is 0 Å². The number of aryl methyl sites for hydroxylation is 2. The molecule has 0 amide bonds. The summed E-state index contributed by atoms with van der Waals surface area (Å²) in [5.74, 6) is 6.05. The maximum absolute atomic E-state index is 4.18. The Morgan fingerprint density at radius 2 is 2.14 bits per heavy atom. The number of fused-ring (bicyclic) bond motifs is 1. The second-order valence-corrected chi connectivity index (χ2v) is 3.38. The predicted molar refractivity (Wildman–Crippen MR) is 58.0 cm³/mol. The van der Waals surface area contributed by atoms with Crippen LogP contribution in [-0.2, 0) is 7.05 Å². The van der Waals surface area contributed by atoms with Gasteiger partial charge in [0.1, 0.15) is 0 Å². The van der Waals surface area contributed by atoms with Crippen LogP contribution >= 0.6 is 0 Å². The smallest absolute Gasteiger partial charge is 0.0679 e. The molecule has 0 unspecified atom stereocenters. The SMILES string of the molecule is CC#Cc1cn(C)c2cncc(C)c12. The van der Waals surface area contributed by atoms with Gasteiger partial charge in [0, 0.05) is 24.8 Å². The van der Waals surface area contributed by atoms with E-state index in [9.17, 15) is 0 Å². The topological polar surface area (TPSA) is 17.8 Å². The van der Waals surface area contributed by atoms with Crippen molar-refractivity contribution < 1.29 is 0 Å². The molecule has 2 nitrogen and oxygen atoms in total. The van der Waals surface area contributed by atoms with Gasteiger partial charge in [0.2, 0.25) is 0 Å². The van der Waals surface area contributed by atoms with Crippen molar-refractivity contribution in [2.45, 2.75) is 13.8 Å². The number of pyridine rings is 1. The number of aromatic nitrogens is 2. The summed E-state index contributed by atoms with van der Waals surface area (Å²) in [6.45, 7) is 3.92. The lowest BCUT2D eigenvalue weighted by atomic mass is 10.1. The predicted octanol–water partition coefficient (Wildman–Crippen LogP) is 2.25. The van der Waals surface area contributed by atoms with Gasteiger partial charge < -0.3 is 4.57 Å². The molecule has 0 saturated heterocycles. The molecule has 0 spiro atoms. The van der Waals surface area contributed by atoms with Gasteiger partial charge in [0.05, 0.1) is 17.3 Å². The van der Waals surface area contributed by atoms with Crippen LogP contribution in [0.2, 0.25) is 0 Å². The zero-order valence-corrected chi connectivity index (χ0v) is 8.63. The zero-order valence-electron chi connectivity index (χ0n) is 8.63. The van der Waals surface area contributed by atoms with Gasteiger partial charge in [-0.05, 0) is 19.4 Å². The van der Waals surface area contributed by atoms with Gasteiger partial charge in [-0.1, -0.05) is 5.92 Å². The van der Waals surface area contributed by atoms with Crippen molar-refractivity contribution in [3.63, 3.8) is 0 Å². The Balaban J connectivity index is 2.90. The molecule has 0 atom stereocenters. The standard InChI is InChI=1S/C12H12N2/c1-4-5-10-8-14(3)11-7-13-6-9(2)12(10)11/h6-8H,1-3H3. The third kappa shape index (κ3) is 1.18. The van der Waals surface area contributed by atoms with Gasteiger partial charge >= 0.3 is 0 Å². The fourth-order valence-corrected chi connectivity index (χ4v) is 1.73. The van der Waals surface area contributed by atoms with Gasteiger partial charge in [0.25, 0.3) is 0 Å². The molecular formula is C12H12N2. The van der Waals surface area contributed by atoms with Crippen LogP contribution in [0.15, 0.2) is 18.6 Å². The van der Waals surface area contributed by atoms with E-state index in [4.69, 9.17) is 0 Å². The Kier molecular flexibility index (Phi) is 2.01. The monoisotopic (exact) mass is 184 g/mol. The average molecular weight is 184 g/mol. The average Bonchev–Trinajstić information content (AvgIpc) is 2.46. The minimum Gasteiger partial charge on any atom is -0.348 e.